The Morgan fingerprint density at radius 3 is 2.79 bits per heavy atom. The SMILES string of the molecule is CC(=O)N[C@@H](CSCCn1ccccc1=O)C(=O)O. The summed E-state index contributed by atoms with van der Waals surface area (Å²) in [7, 11) is 0. The number of aryl methyl sites for hydroxylation is 1. The summed E-state index contributed by atoms with van der Waals surface area (Å²) < 4.78 is 1.56. The predicted octanol–water partition coefficient (Wildman–Crippen LogP) is 0.171. The number of aliphatic carboxylic acids is 1. The van der Waals surface area contributed by atoms with E-state index >= 15 is 0 Å². The number of nitrogens with zero attached hydrogens (tertiary/aromatic N) is 1. The second-order valence-corrected chi connectivity index (χ2v) is 5.05. The Labute approximate surface area is 114 Å². The molecule has 104 valence electrons. The first kappa shape index (κ1) is 15.3. The van der Waals surface area contributed by atoms with Gasteiger partial charge in [0.05, 0.1) is 0 Å². The molecule has 0 unspecified atom stereocenters. The number of rotatable bonds is 7. The first-order valence-corrected chi connectivity index (χ1v) is 6.89. The molecule has 1 rings (SSSR count). The highest BCUT2D eigenvalue weighted by Crippen LogP contribution is 2.04. The van der Waals surface area contributed by atoms with Crippen LogP contribution in [0.5, 0.6) is 0 Å². The minimum Gasteiger partial charge on any atom is -0.480 e. The summed E-state index contributed by atoms with van der Waals surface area (Å²) in [6.45, 7) is 1.79. The maximum atomic E-state index is 11.4. The van der Waals surface area contributed by atoms with E-state index in [4.69, 9.17) is 5.11 Å². The molecule has 0 aromatic carbocycles. The van der Waals surface area contributed by atoms with Gasteiger partial charge in [0.15, 0.2) is 0 Å². The molecular formula is C12H16N2O4S. The molecule has 0 aliphatic carbocycles. The van der Waals surface area contributed by atoms with E-state index in [1.165, 1.54) is 24.8 Å². The van der Waals surface area contributed by atoms with Crippen molar-refractivity contribution in [3.05, 3.63) is 34.7 Å². The number of amides is 1. The summed E-state index contributed by atoms with van der Waals surface area (Å²) >= 11 is 1.38. The van der Waals surface area contributed by atoms with Crippen molar-refractivity contribution >= 4 is 23.6 Å². The van der Waals surface area contributed by atoms with Gasteiger partial charge < -0.3 is 15.0 Å². The van der Waals surface area contributed by atoms with Crippen LogP contribution in [-0.4, -0.2) is 39.1 Å². The summed E-state index contributed by atoms with van der Waals surface area (Å²) in [6.07, 6.45) is 1.69. The Bertz CT molecular complexity index is 501. The van der Waals surface area contributed by atoms with Crippen LogP contribution in [0.2, 0.25) is 0 Å². The minimum absolute atomic E-state index is 0.0836. The van der Waals surface area contributed by atoms with Gasteiger partial charge in [0, 0.05) is 37.2 Å². The molecule has 2 N–H and O–H groups in total. The normalized spacial score (nSPS) is 11.8. The molecule has 0 fully saturated rings. The van der Waals surface area contributed by atoms with Crippen LogP contribution in [0.1, 0.15) is 6.92 Å². The second-order valence-electron chi connectivity index (χ2n) is 3.90. The van der Waals surface area contributed by atoms with Crippen LogP contribution in [0.25, 0.3) is 0 Å². The van der Waals surface area contributed by atoms with Crippen molar-refractivity contribution in [1.29, 1.82) is 0 Å². The lowest BCUT2D eigenvalue weighted by molar-refractivity contribution is -0.140. The quantitative estimate of drug-likeness (QED) is 0.697. The van der Waals surface area contributed by atoms with E-state index in [0.29, 0.717) is 12.3 Å². The van der Waals surface area contributed by atoms with Crippen LogP contribution in [-0.2, 0) is 16.1 Å². The lowest BCUT2D eigenvalue weighted by atomic mass is 10.3. The van der Waals surface area contributed by atoms with E-state index in [1.54, 1.807) is 22.9 Å². The molecule has 1 atom stereocenters. The number of nitrogens with one attached hydrogen (secondary N) is 1. The summed E-state index contributed by atoms with van der Waals surface area (Å²) in [6, 6.07) is 4.02. The number of hydrogen-bond acceptors (Lipinski definition) is 4. The van der Waals surface area contributed by atoms with Crippen LogP contribution >= 0.6 is 11.8 Å². The van der Waals surface area contributed by atoms with Crippen LogP contribution in [0.15, 0.2) is 29.2 Å². The first-order chi connectivity index (χ1) is 9.00. The number of carbonyl (C=O) groups is 2. The number of aromatic nitrogens is 1. The molecule has 1 aromatic rings. The zero-order valence-electron chi connectivity index (χ0n) is 10.5. The third kappa shape index (κ3) is 5.60. The number of carboxylic acid groups (broad SMARTS) is 1. The van der Waals surface area contributed by atoms with Crippen molar-refractivity contribution in [3.8, 4) is 0 Å². The Balaban J connectivity index is 2.37. The zero-order valence-corrected chi connectivity index (χ0v) is 11.4. The maximum absolute atomic E-state index is 11.4. The third-order valence-electron chi connectivity index (χ3n) is 2.34. The van der Waals surface area contributed by atoms with Gasteiger partial charge in [0.1, 0.15) is 6.04 Å². The highest BCUT2D eigenvalue weighted by atomic mass is 32.2. The molecule has 19 heavy (non-hydrogen) atoms. The fourth-order valence-corrected chi connectivity index (χ4v) is 2.38. The van der Waals surface area contributed by atoms with Crippen molar-refractivity contribution in [2.75, 3.05) is 11.5 Å². The van der Waals surface area contributed by atoms with Gasteiger partial charge in [-0.2, -0.15) is 11.8 Å². The summed E-state index contributed by atoms with van der Waals surface area (Å²) in [5, 5.41) is 11.3. The number of pyridine rings is 1. The van der Waals surface area contributed by atoms with E-state index in [1.807, 2.05) is 0 Å². The highest BCUT2D eigenvalue weighted by Gasteiger charge is 2.17. The predicted molar refractivity (Wildman–Crippen MR) is 73.3 cm³/mol. The van der Waals surface area contributed by atoms with Gasteiger partial charge in [0.25, 0.3) is 5.56 Å². The topological polar surface area (TPSA) is 88.4 Å². The van der Waals surface area contributed by atoms with Crippen molar-refractivity contribution in [2.45, 2.75) is 19.5 Å². The molecule has 1 amide bonds. The average molecular weight is 284 g/mol. The molecule has 0 radical (unpaired) electrons. The van der Waals surface area contributed by atoms with E-state index in [-0.39, 0.29) is 17.2 Å². The molecule has 6 nitrogen and oxygen atoms in total. The fourth-order valence-electron chi connectivity index (χ4n) is 1.43. The van der Waals surface area contributed by atoms with Crippen LogP contribution < -0.4 is 10.9 Å². The Morgan fingerprint density at radius 1 is 1.47 bits per heavy atom. The monoisotopic (exact) mass is 284 g/mol. The van der Waals surface area contributed by atoms with Crippen molar-refractivity contribution in [3.63, 3.8) is 0 Å². The number of carboxylic acids is 1. The van der Waals surface area contributed by atoms with Gasteiger partial charge >= 0.3 is 5.97 Å². The van der Waals surface area contributed by atoms with E-state index in [0.717, 1.165) is 0 Å². The molecule has 7 heteroatoms. The summed E-state index contributed by atoms with van der Waals surface area (Å²) in [5.74, 6) is -0.545. The molecular weight excluding hydrogens is 268 g/mol. The number of carbonyl (C=O) groups excluding carboxylic acids is 1. The molecule has 1 aromatic heterocycles. The molecule has 0 saturated heterocycles. The second kappa shape index (κ2) is 7.63. The Hall–Kier alpha value is -1.76. The van der Waals surface area contributed by atoms with Crippen LogP contribution in [0.3, 0.4) is 0 Å². The largest absolute Gasteiger partial charge is 0.480 e. The highest BCUT2D eigenvalue weighted by molar-refractivity contribution is 7.99. The smallest absolute Gasteiger partial charge is 0.327 e. The van der Waals surface area contributed by atoms with Gasteiger partial charge in [0.2, 0.25) is 5.91 Å². The van der Waals surface area contributed by atoms with E-state index in [2.05, 4.69) is 5.32 Å². The molecule has 0 spiro atoms. The first-order valence-electron chi connectivity index (χ1n) is 5.74. The molecule has 0 bridgehead atoms. The molecule has 0 aliphatic rings. The summed E-state index contributed by atoms with van der Waals surface area (Å²) in [4.78, 5) is 33.1. The molecule has 0 aliphatic heterocycles. The van der Waals surface area contributed by atoms with Crippen molar-refractivity contribution < 1.29 is 14.7 Å². The lowest BCUT2D eigenvalue weighted by Gasteiger charge is -2.12. The maximum Gasteiger partial charge on any atom is 0.327 e. The van der Waals surface area contributed by atoms with E-state index in [9.17, 15) is 14.4 Å². The zero-order chi connectivity index (χ0) is 14.3. The van der Waals surface area contributed by atoms with Gasteiger partial charge in [-0.25, -0.2) is 4.79 Å². The lowest BCUT2D eigenvalue weighted by Crippen LogP contribution is -2.41. The number of hydrogen-bond donors (Lipinski definition) is 2. The van der Waals surface area contributed by atoms with Crippen molar-refractivity contribution in [2.24, 2.45) is 0 Å². The van der Waals surface area contributed by atoms with E-state index < -0.39 is 12.0 Å². The van der Waals surface area contributed by atoms with Crippen molar-refractivity contribution in [1.82, 2.24) is 9.88 Å². The third-order valence-corrected chi connectivity index (χ3v) is 3.38. The van der Waals surface area contributed by atoms with Crippen LogP contribution in [0.4, 0.5) is 0 Å². The fraction of sp³-hybridized carbons (Fsp3) is 0.417. The van der Waals surface area contributed by atoms with Gasteiger partial charge in [-0.3, -0.25) is 9.59 Å². The minimum atomic E-state index is -1.06. The van der Waals surface area contributed by atoms with Gasteiger partial charge in [-0.15, -0.1) is 0 Å². The number of thioether (sulfide) groups is 1. The standard InChI is InChI=1S/C12H16N2O4S/c1-9(15)13-10(12(17)18)8-19-7-6-14-5-3-2-4-11(14)16/h2-5,10H,6-8H2,1H3,(H,13,15)(H,17,18)/t10-/m0/s1. The summed E-state index contributed by atoms with van der Waals surface area (Å²) in [5.41, 5.74) is -0.0836. The molecule has 1 heterocycles. The van der Waals surface area contributed by atoms with Gasteiger partial charge in [-0.05, 0) is 6.07 Å². The molecule has 0 saturated carbocycles. The van der Waals surface area contributed by atoms with Gasteiger partial charge in [-0.1, -0.05) is 6.07 Å². The van der Waals surface area contributed by atoms with Crippen LogP contribution in [0, 0.1) is 0 Å². The Morgan fingerprint density at radius 2 is 2.21 bits per heavy atom. The average Bonchev–Trinajstić information content (AvgIpc) is 2.34. The Kier molecular flexibility index (Phi) is 6.14.